The molecule has 2 aromatic carbocycles. The van der Waals surface area contributed by atoms with Gasteiger partial charge in [0.1, 0.15) is 11.5 Å². The lowest BCUT2D eigenvalue weighted by Gasteiger charge is -2.13. The van der Waals surface area contributed by atoms with Crippen LogP contribution < -0.4 is 14.8 Å². The van der Waals surface area contributed by atoms with Gasteiger partial charge in [0.05, 0.1) is 11.6 Å². The van der Waals surface area contributed by atoms with Gasteiger partial charge in [-0.25, -0.2) is 4.39 Å². The third kappa shape index (κ3) is 3.29. The molecule has 0 fully saturated rings. The van der Waals surface area contributed by atoms with Gasteiger partial charge in [0.25, 0.3) is 0 Å². The average molecular weight is 340 g/mol. The lowest BCUT2D eigenvalue weighted by molar-refractivity contribution is 0.409. The molecular weight excluding hydrogens is 325 g/mol. The Hall–Kier alpha value is -1.59. The van der Waals surface area contributed by atoms with E-state index in [1.807, 2.05) is 6.07 Å². The average Bonchev–Trinajstić information content (AvgIpc) is 2.44. The second kappa shape index (κ2) is 6.72. The molecule has 0 unspecified atom stereocenters. The van der Waals surface area contributed by atoms with Gasteiger partial charge in [-0.2, -0.15) is 0 Å². The SMILES string of the molecule is CNCc1cccc(F)c1Oc1ccc(OC)cc1Br. The van der Waals surface area contributed by atoms with Crippen molar-refractivity contribution in [2.45, 2.75) is 6.54 Å². The monoisotopic (exact) mass is 339 g/mol. The third-order valence-corrected chi connectivity index (χ3v) is 3.39. The molecule has 0 aromatic heterocycles. The number of hydrogen-bond donors (Lipinski definition) is 1. The van der Waals surface area contributed by atoms with Gasteiger partial charge in [-0.15, -0.1) is 0 Å². The van der Waals surface area contributed by atoms with Crippen LogP contribution in [-0.2, 0) is 6.54 Å². The second-order valence-corrected chi connectivity index (χ2v) is 5.01. The molecule has 0 aliphatic rings. The van der Waals surface area contributed by atoms with E-state index in [-0.39, 0.29) is 11.6 Å². The number of rotatable bonds is 5. The quantitative estimate of drug-likeness (QED) is 0.889. The summed E-state index contributed by atoms with van der Waals surface area (Å²) in [5, 5.41) is 2.99. The highest BCUT2D eigenvalue weighted by atomic mass is 79.9. The van der Waals surface area contributed by atoms with Crippen LogP contribution in [0.2, 0.25) is 0 Å². The van der Waals surface area contributed by atoms with Crippen molar-refractivity contribution in [3.05, 3.63) is 52.3 Å². The predicted octanol–water partition coefficient (Wildman–Crippen LogP) is 4.11. The summed E-state index contributed by atoms with van der Waals surface area (Å²) in [5.41, 5.74) is 0.759. The summed E-state index contributed by atoms with van der Waals surface area (Å²) in [4.78, 5) is 0. The highest BCUT2D eigenvalue weighted by Gasteiger charge is 2.12. The summed E-state index contributed by atoms with van der Waals surface area (Å²) >= 11 is 3.39. The third-order valence-electron chi connectivity index (χ3n) is 2.77. The first kappa shape index (κ1) is 14.8. The highest BCUT2D eigenvalue weighted by Crippen LogP contribution is 2.35. The van der Waals surface area contributed by atoms with E-state index in [1.54, 1.807) is 38.4 Å². The molecule has 1 N–H and O–H groups in total. The fourth-order valence-electron chi connectivity index (χ4n) is 1.80. The first-order chi connectivity index (χ1) is 9.65. The van der Waals surface area contributed by atoms with Gasteiger partial charge in [-0.05, 0) is 47.2 Å². The fraction of sp³-hybridized carbons (Fsp3) is 0.200. The molecule has 106 valence electrons. The Kier molecular flexibility index (Phi) is 4.98. The number of halogens is 2. The zero-order chi connectivity index (χ0) is 14.5. The van der Waals surface area contributed by atoms with Crippen LogP contribution in [0, 0.1) is 5.82 Å². The first-order valence-electron chi connectivity index (χ1n) is 6.09. The number of benzene rings is 2. The Morgan fingerprint density at radius 2 is 2.05 bits per heavy atom. The smallest absolute Gasteiger partial charge is 0.167 e. The molecule has 0 saturated heterocycles. The molecule has 0 atom stereocenters. The van der Waals surface area contributed by atoms with E-state index in [0.29, 0.717) is 22.5 Å². The number of nitrogens with one attached hydrogen (secondary N) is 1. The minimum absolute atomic E-state index is 0.229. The van der Waals surface area contributed by atoms with Crippen LogP contribution in [0.4, 0.5) is 4.39 Å². The van der Waals surface area contributed by atoms with E-state index in [1.165, 1.54) is 6.07 Å². The number of ether oxygens (including phenoxy) is 2. The summed E-state index contributed by atoms with van der Waals surface area (Å²) in [6.45, 7) is 0.529. The van der Waals surface area contributed by atoms with E-state index >= 15 is 0 Å². The van der Waals surface area contributed by atoms with Gasteiger partial charge in [0, 0.05) is 12.1 Å². The Bertz CT molecular complexity index is 604. The molecule has 3 nitrogen and oxygen atoms in total. The number of para-hydroxylation sites is 1. The van der Waals surface area contributed by atoms with Gasteiger partial charge < -0.3 is 14.8 Å². The molecule has 0 bridgehead atoms. The number of methoxy groups -OCH3 is 1. The molecule has 0 spiro atoms. The summed E-state index contributed by atoms with van der Waals surface area (Å²) in [7, 11) is 3.39. The Morgan fingerprint density at radius 1 is 1.25 bits per heavy atom. The minimum Gasteiger partial charge on any atom is -0.497 e. The summed E-state index contributed by atoms with van der Waals surface area (Å²) in [5.74, 6) is 1.08. The van der Waals surface area contributed by atoms with Crippen molar-refractivity contribution in [1.29, 1.82) is 0 Å². The summed E-state index contributed by atoms with van der Waals surface area (Å²) < 4.78 is 25.5. The van der Waals surface area contributed by atoms with Gasteiger partial charge in [0.2, 0.25) is 0 Å². The van der Waals surface area contributed by atoms with Crippen LogP contribution in [0.15, 0.2) is 40.9 Å². The van der Waals surface area contributed by atoms with Crippen LogP contribution in [0.5, 0.6) is 17.2 Å². The molecule has 0 aliphatic heterocycles. The van der Waals surface area contributed by atoms with E-state index < -0.39 is 0 Å². The summed E-state index contributed by atoms with van der Waals surface area (Å²) in [6.07, 6.45) is 0. The molecule has 0 amide bonds. The first-order valence-corrected chi connectivity index (χ1v) is 6.88. The minimum atomic E-state index is -0.388. The Morgan fingerprint density at radius 3 is 2.70 bits per heavy atom. The Balaban J connectivity index is 2.34. The van der Waals surface area contributed by atoms with Gasteiger partial charge in [-0.1, -0.05) is 12.1 Å². The van der Waals surface area contributed by atoms with Crippen molar-refractivity contribution in [2.75, 3.05) is 14.2 Å². The van der Waals surface area contributed by atoms with Crippen LogP contribution >= 0.6 is 15.9 Å². The molecule has 2 rings (SSSR count). The molecule has 5 heteroatoms. The lowest BCUT2D eigenvalue weighted by atomic mass is 10.2. The highest BCUT2D eigenvalue weighted by molar-refractivity contribution is 9.10. The maximum absolute atomic E-state index is 13.9. The number of hydrogen-bond acceptors (Lipinski definition) is 3. The largest absolute Gasteiger partial charge is 0.497 e. The van der Waals surface area contributed by atoms with Crippen molar-refractivity contribution in [2.24, 2.45) is 0 Å². The van der Waals surface area contributed by atoms with Crippen LogP contribution in [0.25, 0.3) is 0 Å². The summed E-state index contributed by atoms with van der Waals surface area (Å²) in [6, 6.07) is 10.1. The van der Waals surface area contributed by atoms with Crippen molar-refractivity contribution in [1.82, 2.24) is 5.32 Å². The predicted molar refractivity (Wildman–Crippen MR) is 79.9 cm³/mol. The second-order valence-electron chi connectivity index (χ2n) is 4.16. The van der Waals surface area contributed by atoms with E-state index in [4.69, 9.17) is 9.47 Å². The molecule has 0 aliphatic carbocycles. The standard InChI is InChI=1S/C15H15BrFNO2/c1-18-9-10-4-3-5-13(17)15(10)20-14-7-6-11(19-2)8-12(14)16/h3-8,18H,9H2,1-2H3. The Labute approximate surface area is 125 Å². The van der Waals surface area contributed by atoms with Crippen molar-refractivity contribution >= 4 is 15.9 Å². The van der Waals surface area contributed by atoms with Gasteiger partial charge in [0.15, 0.2) is 11.6 Å². The van der Waals surface area contributed by atoms with E-state index in [0.717, 1.165) is 5.56 Å². The zero-order valence-corrected chi connectivity index (χ0v) is 12.8. The van der Waals surface area contributed by atoms with Crippen molar-refractivity contribution in [3.8, 4) is 17.2 Å². The molecule has 20 heavy (non-hydrogen) atoms. The van der Waals surface area contributed by atoms with Gasteiger partial charge in [-0.3, -0.25) is 0 Å². The lowest BCUT2D eigenvalue weighted by Crippen LogP contribution is -2.07. The van der Waals surface area contributed by atoms with Crippen LogP contribution in [0.3, 0.4) is 0 Å². The van der Waals surface area contributed by atoms with Crippen molar-refractivity contribution in [3.63, 3.8) is 0 Å². The van der Waals surface area contributed by atoms with E-state index in [9.17, 15) is 4.39 Å². The van der Waals surface area contributed by atoms with E-state index in [2.05, 4.69) is 21.2 Å². The molecule has 2 aromatic rings. The molecule has 0 saturated carbocycles. The van der Waals surface area contributed by atoms with Crippen LogP contribution in [-0.4, -0.2) is 14.2 Å². The normalized spacial score (nSPS) is 10.4. The molecular formula is C15H15BrFNO2. The fourth-order valence-corrected chi connectivity index (χ4v) is 2.24. The maximum Gasteiger partial charge on any atom is 0.167 e. The molecule has 0 radical (unpaired) electrons. The maximum atomic E-state index is 13.9. The van der Waals surface area contributed by atoms with Crippen LogP contribution in [0.1, 0.15) is 5.56 Å². The van der Waals surface area contributed by atoms with Crippen molar-refractivity contribution < 1.29 is 13.9 Å². The topological polar surface area (TPSA) is 30.5 Å². The molecule has 0 heterocycles. The zero-order valence-electron chi connectivity index (χ0n) is 11.2. The van der Waals surface area contributed by atoms with Gasteiger partial charge >= 0.3 is 0 Å².